The van der Waals surface area contributed by atoms with Crippen molar-refractivity contribution >= 4 is 46.0 Å². The Morgan fingerprint density at radius 2 is 1.67 bits per heavy atom. The van der Waals surface area contributed by atoms with Crippen molar-refractivity contribution in [3.63, 3.8) is 0 Å². The first-order valence-corrected chi connectivity index (χ1v) is 8.97. The molecular weight excluding hydrogens is 383 g/mol. The van der Waals surface area contributed by atoms with Crippen molar-refractivity contribution in [2.45, 2.75) is 13.5 Å². The number of benzene rings is 1. The van der Waals surface area contributed by atoms with Gasteiger partial charge >= 0.3 is 0 Å². The van der Waals surface area contributed by atoms with E-state index in [1.807, 2.05) is 29.7 Å². The van der Waals surface area contributed by atoms with Crippen LogP contribution < -0.4 is 11.5 Å². The van der Waals surface area contributed by atoms with Crippen LogP contribution in [0.5, 0.6) is 0 Å². The summed E-state index contributed by atoms with van der Waals surface area (Å²) >= 11 is 12.5. The Hall–Kier alpha value is -2.83. The van der Waals surface area contributed by atoms with Gasteiger partial charge in [0.05, 0.1) is 12.2 Å². The Kier molecular flexibility index (Phi) is 4.37. The van der Waals surface area contributed by atoms with Gasteiger partial charge in [-0.1, -0.05) is 23.2 Å². The number of nitrogens with zero attached hydrogens (tertiary/aromatic N) is 4. The molecule has 0 atom stereocenters. The normalized spacial score (nSPS) is 11.2. The Bertz CT molecular complexity index is 1150. The number of halogens is 2. The topological polar surface area (TPSA) is 95.6 Å². The van der Waals surface area contributed by atoms with Crippen LogP contribution in [0.15, 0.2) is 42.5 Å². The highest BCUT2D eigenvalue weighted by Crippen LogP contribution is 2.26. The van der Waals surface area contributed by atoms with Gasteiger partial charge in [0.1, 0.15) is 23.0 Å². The first kappa shape index (κ1) is 17.6. The first-order valence-electron chi connectivity index (χ1n) is 8.22. The molecule has 0 fully saturated rings. The summed E-state index contributed by atoms with van der Waals surface area (Å²) < 4.78 is 2.00. The molecule has 0 spiro atoms. The average Bonchev–Trinajstić information content (AvgIpc) is 2.92. The van der Waals surface area contributed by atoms with Crippen molar-refractivity contribution in [2.75, 3.05) is 11.5 Å². The lowest BCUT2D eigenvalue weighted by molar-refractivity contribution is 0.778. The zero-order chi connectivity index (χ0) is 19.1. The number of nitrogens with two attached hydrogens (primary N) is 2. The minimum atomic E-state index is 0.349. The Labute approximate surface area is 165 Å². The van der Waals surface area contributed by atoms with Gasteiger partial charge in [-0.3, -0.25) is 0 Å². The molecule has 3 aromatic heterocycles. The van der Waals surface area contributed by atoms with Crippen LogP contribution >= 0.6 is 23.2 Å². The van der Waals surface area contributed by atoms with Gasteiger partial charge < -0.3 is 16.0 Å². The minimum Gasteiger partial charge on any atom is -0.384 e. The lowest BCUT2D eigenvalue weighted by Gasteiger charge is -2.10. The molecule has 0 saturated carbocycles. The largest absolute Gasteiger partial charge is 0.384 e. The van der Waals surface area contributed by atoms with Crippen LogP contribution in [0.3, 0.4) is 0 Å². The van der Waals surface area contributed by atoms with Crippen molar-refractivity contribution < 1.29 is 0 Å². The third-order valence-corrected chi connectivity index (χ3v) is 4.88. The average molecular weight is 399 g/mol. The number of hydrogen-bond donors (Lipinski definition) is 2. The third-order valence-electron chi connectivity index (χ3n) is 4.28. The third kappa shape index (κ3) is 3.41. The van der Waals surface area contributed by atoms with E-state index in [1.165, 1.54) is 0 Å². The number of nitrogen functional groups attached to an aromatic ring is 2. The van der Waals surface area contributed by atoms with Crippen LogP contribution in [-0.2, 0) is 6.54 Å². The first-order chi connectivity index (χ1) is 12.9. The molecule has 0 unspecified atom stereocenters. The molecule has 4 rings (SSSR count). The van der Waals surface area contributed by atoms with Gasteiger partial charge in [0.2, 0.25) is 0 Å². The quantitative estimate of drug-likeness (QED) is 0.535. The molecule has 0 aliphatic heterocycles. The molecule has 4 N–H and O–H groups in total. The molecule has 0 radical (unpaired) electrons. The Morgan fingerprint density at radius 3 is 2.41 bits per heavy atom. The van der Waals surface area contributed by atoms with Gasteiger partial charge in [-0.15, -0.1) is 0 Å². The van der Waals surface area contributed by atoms with E-state index in [0.29, 0.717) is 28.2 Å². The summed E-state index contributed by atoms with van der Waals surface area (Å²) in [7, 11) is 0. The molecule has 1 aromatic carbocycles. The molecular formula is C19H16Cl2N6. The van der Waals surface area contributed by atoms with Crippen LogP contribution in [0.4, 0.5) is 11.6 Å². The van der Waals surface area contributed by atoms with Crippen molar-refractivity contribution in [3.05, 3.63) is 63.9 Å². The fraction of sp³-hybridized carbons (Fsp3) is 0.105. The predicted octanol–water partition coefficient (Wildman–Crippen LogP) is 4.32. The second-order valence-electron chi connectivity index (χ2n) is 6.23. The molecule has 0 bridgehead atoms. The van der Waals surface area contributed by atoms with Gasteiger partial charge in [0.25, 0.3) is 0 Å². The van der Waals surface area contributed by atoms with Crippen molar-refractivity contribution in [3.8, 4) is 11.3 Å². The summed E-state index contributed by atoms with van der Waals surface area (Å²) in [4.78, 5) is 13.4. The summed E-state index contributed by atoms with van der Waals surface area (Å²) in [5, 5.41) is 1.28. The zero-order valence-electron chi connectivity index (χ0n) is 14.4. The van der Waals surface area contributed by atoms with Gasteiger partial charge in [-0.25, -0.2) is 15.0 Å². The molecule has 0 aliphatic rings. The second kappa shape index (κ2) is 6.72. The van der Waals surface area contributed by atoms with Crippen LogP contribution in [0.1, 0.15) is 11.4 Å². The Morgan fingerprint density at radius 1 is 0.926 bits per heavy atom. The number of hydrogen-bond acceptors (Lipinski definition) is 5. The number of fused-ring (bicyclic) bond motifs is 1. The van der Waals surface area contributed by atoms with Crippen molar-refractivity contribution in [1.82, 2.24) is 19.5 Å². The molecule has 136 valence electrons. The zero-order valence-corrected chi connectivity index (χ0v) is 16.0. The smallest absolute Gasteiger partial charge is 0.160 e. The lowest BCUT2D eigenvalue weighted by atomic mass is 10.1. The number of pyridine rings is 2. The highest BCUT2D eigenvalue weighted by Gasteiger charge is 2.13. The van der Waals surface area contributed by atoms with Gasteiger partial charge in [-0.2, -0.15) is 0 Å². The molecule has 8 heteroatoms. The lowest BCUT2D eigenvalue weighted by Crippen LogP contribution is -2.04. The van der Waals surface area contributed by atoms with E-state index in [9.17, 15) is 0 Å². The maximum absolute atomic E-state index is 6.33. The van der Waals surface area contributed by atoms with Crippen molar-refractivity contribution in [2.24, 2.45) is 0 Å². The fourth-order valence-corrected chi connectivity index (χ4v) is 3.39. The summed E-state index contributed by atoms with van der Waals surface area (Å²) in [6.45, 7) is 2.45. The monoisotopic (exact) mass is 398 g/mol. The van der Waals surface area contributed by atoms with E-state index in [1.54, 1.807) is 24.3 Å². The van der Waals surface area contributed by atoms with Crippen LogP contribution in [-0.4, -0.2) is 19.5 Å². The van der Waals surface area contributed by atoms with Gasteiger partial charge in [-0.05, 0) is 55.0 Å². The van der Waals surface area contributed by atoms with Crippen LogP contribution in [0.2, 0.25) is 10.0 Å². The number of aryl methyl sites for hydroxylation is 1. The van der Waals surface area contributed by atoms with Gasteiger partial charge in [0.15, 0.2) is 5.65 Å². The molecule has 27 heavy (non-hydrogen) atoms. The van der Waals surface area contributed by atoms with E-state index in [2.05, 4.69) is 9.97 Å². The Balaban J connectivity index is 1.83. The second-order valence-corrected chi connectivity index (χ2v) is 7.07. The van der Waals surface area contributed by atoms with Gasteiger partial charge in [0, 0.05) is 15.6 Å². The summed E-state index contributed by atoms with van der Waals surface area (Å²) in [5.74, 6) is 1.53. The molecule has 0 amide bonds. The molecule has 3 heterocycles. The van der Waals surface area contributed by atoms with E-state index in [-0.39, 0.29) is 0 Å². The SMILES string of the molecule is Cc1nc2ccc(-c3cc(N)nc(N)c3)nc2n1Cc1cc(Cl)ccc1Cl. The standard InChI is InChI=1S/C19H16Cl2N6/c1-10-24-16-5-4-15(11-7-17(22)26-18(23)8-11)25-19(16)27(10)9-12-6-13(20)2-3-14(12)21/h2-8H,9H2,1H3,(H4,22,23,26). The molecule has 4 aromatic rings. The van der Waals surface area contributed by atoms with Crippen LogP contribution in [0, 0.1) is 6.92 Å². The highest BCUT2D eigenvalue weighted by atomic mass is 35.5. The fourth-order valence-electron chi connectivity index (χ4n) is 3.02. The summed E-state index contributed by atoms with van der Waals surface area (Å²) in [6, 6.07) is 12.7. The predicted molar refractivity (Wildman–Crippen MR) is 110 cm³/mol. The molecule has 6 nitrogen and oxygen atoms in total. The minimum absolute atomic E-state index is 0.349. The number of imidazole rings is 1. The van der Waals surface area contributed by atoms with Crippen molar-refractivity contribution in [1.29, 1.82) is 0 Å². The maximum atomic E-state index is 6.33. The number of anilines is 2. The molecule has 0 aliphatic carbocycles. The molecule has 0 saturated heterocycles. The summed E-state index contributed by atoms with van der Waals surface area (Å²) in [5.41, 5.74) is 15.6. The van der Waals surface area contributed by atoms with E-state index >= 15 is 0 Å². The van der Waals surface area contributed by atoms with E-state index in [0.717, 1.165) is 33.8 Å². The number of rotatable bonds is 3. The number of aromatic nitrogens is 4. The van der Waals surface area contributed by atoms with E-state index in [4.69, 9.17) is 39.7 Å². The summed E-state index contributed by atoms with van der Waals surface area (Å²) in [6.07, 6.45) is 0. The van der Waals surface area contributed by atoms with Crippen LogP contribution in [0.25, 0.3) is 22.4 Å². The van der Waals surface area contributed by atoms with E-state index < -0.39 is 0 Å². The maximum Gasteiger partial charge on any atom is 0.160 e. The highest BCUT2D eigenvalue weighted by molar-refractivity contribution is 6.33.